The van der Waals surface area contributed by atoms with Crippen LogP contribution in [0.25, 0.3) is 0 Å². The second-order valence-electron chi connectivity index (χ2n) is 4.95. The summed E-state index contributed by atoms with van der Waals surface area (Å²) in [5, 5.41) is 17.2. The zero-order chi connectivity index (χ0) is 15.7. The molecule has 0 aromatic carbocycles. The number of furan rings is 1. The van der Waals surface area contributed by atoms with Gasteiger partial charge in [-0.25, -0.2) is 0 Å². The van der Waals surface area contributed by atoms with Gasteiger partial charge >= 0.3 is 0 Å². The Bertz CT molecular complexity index is 431. The summed E-state index contributed by atoms with van der Waals surface area (Å²) in [6.45, 7) is 3.78. The van der Waals surface area contributed by atoms with Gasteiger partial charge in [0.15, 0.2) is 6.10 Å². The van der Waals surface area contributed by atoms with Crippen LogP contribution in [-0.2, 0) is 4.79 Å². The molecule has 1 unspecified atom stereocenters. The second-order valence-corrected chi connectivity index (χ2v) is 4.95. The van der Waals surface area contributed by atoms with Crippen molar-refractivity contribution in [3.05, 3.63) is 36.1 Å². The highest BCUT2D eigenvalue weighted by atomic mass is 16.4. The van der Waals surface area contributed by atoms with Gasteiger partial charge in [0.1, 0.15) is 5.76 Å². The molecule has 21 heavy (non-hydrogen) atoms. The number of carboxylic acid groups (broad SMARTS) is 1. The molecule has 0 fully saturated rings. The van der Waals surface area contributed by atoms with E-state index in [4.69, 9.17) is 14.3 Å². The van der Waals surface area contributed by atoms with Gasteiger partial charge in [0, 0.05) is 19.8 Å². The molecule has 0 aliphatic carbocycles. The van der Waals surface area contributed by atoms with E-state index in [1.807, 2.05) is 19.3 Å². The number of aliphatic hydroxyl groups is 1. The summed E-state index contributed by atoms with van der Waals surface area (Å²) in [5.74, 6) is 0.608. The van der Waals surface area contributed by atoms with Crippen molar-refractivity contribution in [2.75, 3.05) is 20.3 Å². The number of nitrogens with zero attached hydrogens (tertiary/aromatic N) is 2. The summed E-state index contributed by atoms with van der Waals surface area (Å²) in [4.78, 5) is 12.7. The topological polar surface area (TPSA) is 77.2 Å². The smallest absolute Gasteiger partial charge is 0.290 e. The van der Waals surface area contributed by atoms with Gasteiger partial charge in [-0.2, -0.15) is 0 Å². The lowest BCUT2D eigenvalue weighted by Crippen LogP contribution is -2.28. The van der Waals surface area contributed by atoms with Crippen LogP contribution in [0.4, 0.5) is 0 Å². The van der Waals surface area contributed by atoms with E-state index in [9.17, 15) is 5.11 Å². The fourth-order valence-electron chi connectivity index (χ4n) is 2.29. The quantitative estimate of drug-likeness (QED) is 0.619. The number of hydrogen-bond donors (Lipinski definition) is 2. The zero-order valence-electron chi connectivity index (χ0n) is 12.6. The van der Waals surface area contributed by atoms with Crippen molar-refractivity contribution in [3.63, 3.8) is 0 Å². The Hall–Kier alpha value is -1.95. The standard InChI is InChI=1S/C14H22N2O2.CH2O2/c1-3-4-5-8-16-11-15(2)10-12(16)14(17)13-7-6-9-18-13;2-1-3/h6-7,9-10,14,17H,3-5,8,11H2,1-2H3;1H,(H,2,3). The van der Waals surface area contributed by atoms with Crippen molar-refractivity contribution in [1.29, 1.82) is 0 Å². The van der Waals surface area contributed by atoms with Crippen LogP contribution in [0, 0.1) is 0 Å². The van der Waals surface area contributed by atoms with Crippen LogP contribution in [-0.4, -0.2) is 46.7 Å². The lowest BCUT2D eigenvalue weighted by molar-refractivity contribution is -0.122. The molecule has 0 bridgehead atoms. The Labute approximate surface area is 125 Å². The Morgan fingerprint density at radius 3 is 2.76 bits per heavy atom. The Kier molecular flexibility index (Phi) is 7.39. The van der Waals surface area contributed by atoms with Crippen LogP contribution in [0.3, 0.4) is 0 Å². The van der Waals surface area contributed by atoms with Crippen molar-refractivity contribution in [2.24, 2.45) is 0 Å². The van der Waals surface area contributed by atoms with Crippen molar-refractivity contribution in [1.82, 2.24) is 9.80 Å². The van der Waals surface area contributed by atoms with Crippen molar-refractivity contribution in [3.8, 4) is 0 Å². The summed E-state index contributed by atoms with van der Waals surface area (Å²) in [6.07, 6.45) is 6.53. The summed E-state index contributed by atoms with van der Waals surface area (Å²) >= 11 is 0. The van der Waals surface area contributed by atoms with E-state index in [1.54, 1.807) is 12.3 Å². The lowest BCUT2D eigenvalue weighted by Gasteiger charge is -2.24. The van der Waals surface area contributed by atoms with E-state index in [0.29, 0.717) is 5.76 Å². The minimum atomic E-state index is -0.661. The van der Waals surface area contributed by atoms with E-state index in [-0.39, 0.29) is 6.47 Å². The fraction of sp³-hybridized carbons (Fsp3) is 0.533. The van der Waals surface area contributed by atoms with E-state index in [1.165, 1.54) is 12.8 Å². The van der Waals surface area contributed by atoms with Crippen molar-refractivity contribution < 1.29 is 19.4 Å². The minimum Gasteiger partial charge on any atom is -0.483 e. The van der Waals surface area contributed by atoms with Crippen LogP contribution < -0.4 is 0 Å². The molecule has 2 rings (SSSR count). The van der Waals surface area contributed by atoms with Crippen LogP contribution in [0.2, 0.25) is 0 Å². The molecule has 1 aliphatic rings. The van der Waals surface area contributed by atoms with Crippen LogP contribution in [0.5, 0.6) is 0 Å². The number of aliphatic hydroxyl groups excluding tert-OH is 1. The molecule has 2 heterocycles. The molecule has 2 N–H and O–H groups in total. The summed E-state index contributed by atoms with van der Waals surface area (Å²) in [7, 11) is 2.02. The third-order valence-electron chi connectivity index (χ3n) is 3.24. The van der Waals surface area contributed by atoms with E-state index in [2.05, 4.69) is 16.7 Å². The van der Waals surface area contributed by atoms with Crippen molar-refractivity contribution in [2.45, 2.75) is 32.3 Å². The number of hydrogen-bond acceptors (Lipinski definition) is 5. The normalized spacial score (nSPS) is 15.3. The molecule has 6 nitrogen and oxygen atoms in total. The molecular weight excluding hydrogens is 272 g/mol. The first-order valence-corrected chi connectivity index (χ1v) is 7.10. The fourth-order valence-corrected chi connectivity index (χ4v) is 2.29. The third-order valence-corrected chi connectivity index (χ3v) is 3.24. The average molecular weight is 296 g/mol. The predicted molar refractivity (Wildman–Crippen MR) is 79.3 cm³/mol. The maximum Gasteiger partial charge on any atom is 0.290 e. The largest absolute Gasteiger partial charge is 0.483 e. The molecule has 118 valence electrons. The Balaban J connectivity index is 0.000000677. The Morgan fingerprint density at radius 1 is 1.48 bits per heavy atom. The maximum absolute atomic E-state index is 10.3. The maximum atomic E-state index is 10.3. The molecule has 0 saturated carbocycles. The zero-order valence-corrected chi connectivity index (χ0v) is 12.6. The molecular formula is C15H24N2O4. The SMILES string of the molecule is CCCCCN1CN(C)C=C1C(O)c1ccco1.O=CO. The molecule has 0 saturated heterocycles. The minimum absolute atomic E-state index is 0.250. The monoisotopic (exact) mass is 296 g/mol. The highest BCUT2D eigenvalue weighted by Crippen LogP contribution is 2.29. The summed E-state index contributed by atoms with van der Waals surface area (Å²) in [6, 6.07) is 3.62. The van der Waals surface area contributed by atoms with Gasteiger partial charge < -0.3 is 24.4 Å². The summed E-state index contributed by atoms with van der Waals surface area (Å²) < 4.78 is 5.28. The second kappa shape index (κ2) is 9.07. The van der Waals surface area contributed by atoms with Gasteiger partial charge in [-0.05, 0) is 18.6 Å². The van der Waals surface area contributed by atoms with Gasteiger partial charge in [0.25, 0.3) is 6.47 Å². The highest BCUT2D eigenvalue weighted by Gasteiger charge is 2.26. The molecule has 1 aliphatic heterocycles. The molecule has 6 heteroatoms. The first kappa shape index (κ1) is 17.1. The Morgan fingerprint density at radius 2 is 2.19 bits per heavy atom. The first-order valence-electron chi connectivity index (χ1n) is 7.10. The van der Waals surface area contributed by atoms with E-state index < -0.39 is 6.10 Å². The molecule has 1 atom stereocenters. The predicted octanol–water partition coefficient (Wildman–Crippen LogP) is 2.25. The van der Waals surface area contributed by atoms with Gasteiger partial charge in [-0.15, -0.1) is 0 Å². The summed E-state index contributed by atoms with van der Waals surface area (Å²) in [5.41, 5.74) is 0.934. The molecule has 0 radical (unpaired) electrons. The molecule has 1 aromatic rings. The molecule has 0 amide bonds. The number of unbranched alkanes of at least 4 members (excludes halogenated alkanes) is 2. The average Bonchev–Trinajstić information content (AvgIpc) is 3.09. The first-order chi connectivity index (χ1) is 10.1. The molecule has 1 aromatic heterocycles. The van der Waals surface area contributed by atoms with E-state index >= 15 is 0 Å². The molecule has 0 spiro atoms. The highest BCUT2D eigenvalue weighted by molar-refractivity contribution is 5.32. The van der Waals surface area contributed by atoms with Gasteiger partial charge in [-0.3, -0.25) is 4.79 Å². The van der Waals surface area contributed by atoms with Crippen molar-refractivity contribution >= 4 is 6.47 Å². The third kappa shape index (κ3) is 5.15. The van der Waals surface area contributed by atoms with Gasteiger partial charge in [-0.1, -0.05) is 19.8 Å². The van der Waals surface area contributed by atoms with Crippen LogP contribution in [0.1, 0.15) is 38.1 Å². The number of rotatable bonds is 6. The van der Waals surface area contributed by atoms with Gasteiger partial charge in [0.05, 0.1) is 18.6 Å². The lowest BCUT2D eigenvalue weighted by atomic mass is 10.2. The number of carbonyl (C=O) groups is 1. The van der Waals surface area contributed by atoms with Gasteiger partial charge in [0.2, 0.25) is 0 Å². The van der Waals surface area contributed by atoms with Crippen LogP contribution >= 0.6 is 0 Å². The van der Waals surface area contributed by atoms with Crippen LogP contribution in [0.15, 0.2) is 34.7 Å². The van der Waals surface area contributed by atoms with E-state index in [0.717, 1.165) is 25.3 Å².